The summed E-state index contributed by atoms with van der Waals surface area (Å²) in [5, 5.41) is 2.63. The summed E-state index contributed by atoms with van der Waals surface area (Å²) in [6.45, 7) is 1.39. The number of halogens is 2. The van der Waals surface area contributed by atoms with Crippen molar-refractivity contribution in [2.75, 3.05) is 12.4 Å². The number of para-hydroxylation sites is 1. The Bertz CT molecular complexity index is 1500. The SMILES string of the molecule is COc1ccccc1C(=O)c1cn(CC(=O)Nc2ccc(F)c(F)c2)c2nc(C)ccc2c1=O. The van der Waals surface area contributed by atoms with Crippen LogP contribution >= 0.6 is 0 Å². The van der Waals surface area contributed by atoms with Crippen molar-refractivity contribution in [3.63, 3.8) is 0 Å². The molecule has 0 fully saturated rings. The molecular formula is C25H19F2N3O4. The van der Waals surface area contributed by atoms with Crippen LogP contribution < -0.4 is 15.5 Å². The van der Waals surface area contributed by atoms with Crippen molar-refractivity contribution in [3.05, 3.63) is 99.5 Å². The molecule has 0 spiro atoms. The molecule has 0 radical (unpaired) electrons. The van der Waals surface area contributed by atoms with Gasteiger partial charge in [0.05, 0.1) is 23.6 Å². The van der Waals surface area contributed by atoms with Gasteiger partial charge in [-0.25, -0.2) is 13.8 Å². The first-order valence-corrected chi connectivity index (χ1v) is 10.2. The number of aryl methyl sites for hydroxylation is 1. The van der Waals surface area contributed by atoms with Crippen LogP contribution in [-0.2, 0) is 11.3 Å². The monoisotopic (exact) mass is 463 g/mol. The Morgan fingerprint density at radius 3 is 2.53 bits per heavy atom. The lowest BCUT2D eigenvalue weighted by Crippen LogP contribution is -2.25. The van der Waals surface area contributed by atoms with Gasteiger partial charge in [-0.05, 0) is 43.3 Å². The van der Waals surface area contributed by atoms with Gasteiger partial charge in [-0.1, -0.05) is 12.1 Å². The molecule has 34 heavy (non-hydrogen) atoms. The maximum absolute atomic E-state index is 13.5. The van der Waals surface area contributed by atoms with Crippen molar-refractivity contribution in [1.82, 2.24) is 9.55 Å². The summed E-state index contributed by atoms with van der Waals surface area (Å²) in [4.78, 5) is 43.5. The van der Waals surface area contributed by atoms with E-state index in [9.17, 15) is 23.2 Å². The van der Waals surface area contributed by atoms with Crippen LogP contribution in [0.5, 0.6) is 5.75 Å². The number of carbonyl (C=O) groups excluding carboxylic acids is 2. The third-order valence-electron chi connectivity index (χ3n) is 5.17. The van der Waals surface area contributed by atoms with Crippen molar-refractivity contribution < 1.29 is 23.1 Å². The lowest BCUT2D eigenvalue weighted by atomic mass is 10.0. The lowest BCUT2D eigenvalue weighted by Gasteiger charge is -2.14. The highest BCUT2D eigenvalue weighted by atomic mass is 19.2. The van der Waals surface area contributed by atoms with Gasteiger partial charge in [0.15, 0.2) is 11.6 Å². The smallest absolute Gasteiger partial charge is 0.244 e. The fourth-order valence-electron chi connectivity index (χ4n) is 3.55. The van der Waals surface area contributed by atoms with Gasteiger partial charge in [0, 0.05) is 23.6 Å². The molecule has 2 aromatic carbocycles. The number of rotatable bonds is 6. The van der Waals surface area contributed by atoms with E-state index in [-0.39, 0.29) is 34.4 Å². The van der Waals surface area contributed by atoms with Crippen molar-refractivity contribution >= 4 is 28.4 Å². The van der Waals surface area contributed by atoms with Crippen LogP contribution in [0.4, 0.5) is 14.5 Å². The van der Waals surface area contributed by atoms with Gasteiger partial charge in [-0.2, -0.15) is 0 Å². The minimum atomic E-state index is -1.10. The van der Waals surface area contributed by atoms with Crippen LogP contribution in [0.1, 0.15) is 21.6 Å². The topological polar surface area (TPSA) is 90.3 Å². The zero-order chi connectivity index (χ0) is 24.4. The highest BCUT2D eigenvalue weighted by Gasteiger charge is 2.21. The molecule has 0 saturated carbocycles. The Morgan fingerprint density at radius 2 is 1.79 bits per heavy atom. The number of amides is 1. The third-order valence-corrected chi connectivity index (χ3v) is 5.17. The predicted octanol–water partition coefficient (Wildman–Crippen LogP) is 3.86. The van der Waals surface area contributed by atoms with E-state index in [4.69, 9.17) is 4.74 Å². The van der Waals surface area contributed by atoms with Crippen molar-refractivity contribution in [1.29, 1.82) is 0 Å². The largest absolute Gasteiger partial charge is 0.496 e. The third kappa shape index (κ3) is 4.40. The number of ether oxygens (including phenoxy) is 1. The maximum atomic E-state index is 13.5. The van der Waals surface area contributed by atoms with Crippen LogP contribution in [0, 0.1) is 18.6 Å². The van der Waals surface area contributed by atoms with E-state index in [0.29, 0.717) is 11.4 Å². The molecule has 4 aromatic rings. The number of fused-ring (bicyclic) bond motifs is 1. The van der Waals surface area contributed by atoms with E-state index in [1.165, 1.54) is 23.9 Å². The fourth-order valence-corrected chi connectivity index (χ4v) is 3.55. The first kappa shape index (κ1) is 22.8. The minimum Gasteiger partial charge on any atom is -0.496 e. The number of methoxy groups -OCH3 is 1. The first-order valence-electron chi connectivity index (χ1n) is 10.2. The second-order valence-electron chi connectivity index (χ2n) is 7.53. The summed E-state index contributed by atoms with van der Waals surface area (Å²) in [7, 11) is 1.42. The van der Waals surface area contributed by atoms with Crippen LogP contribution in [-0.4, -0.2) is 28.4 Å². The van der Waals surface area contributed by atoms with E-state index in [1.54, 1.807) is 43.3 Å². The average molecular weight is 463 g/mol. The fraction of sp³-hybridized carbons (Fsp3) is 0.120. The van der Waals surface area contributed by atoms with Crippen molar-refractivity contribution in [2.24, 2.45) is 0 Å². The Balaban J connectivity index is 1.77. The number of hydrogen-bond acceptors (Lipinski definition) is 5. The molecule has 2 aromatic heterocycles. The standard InChI is InChI=1S/C25H19F2N3O4/c1-14-7-9-17-24(33)18(23(32)16-5-3-4-6-21(16)34-2)12-30(25(17)28-14)13-22(31)29-15-8-10-19(26)20(27)11-15/h3-12H,13H2,1-2H3,(H,29,31). The molecule has 0 aliphatic rings. The van der Waals surface area contributed by atoms with E-state index >= 15 is 0 Å². The molecule has 1 amide bonds. The number of pyridine rings is 2. The molecule has 9 heteroatoms. The number of aromatic nitrogens is 2. The number of hydrogen-bond donors (Lipinski definition) is 1. The molecule has 172 valence electrons. The van der Waals surface area contributed by atoms with E-state index in [2.05, 4.69) is 10.3 Å². The van der Waals surface area contributed by atoms with Crippen molar-refractivity contribution in [3.8, 4) is 5.75 Å². The summed E-state index contributed by atoms with van der Waals surface area (Å²) >= 11 is 0. The number of ketones is 1. The number of anilines is 1. The quantitative estimate of drug-likeness (QED) is 0.439. The number of benzene rings is 2. The van der Waals surface area contributed by atoms with E-state index in [1.807, 2.05) is 0 Å². The van der Waals surface area contributed by atoms with Gasteiger partial charge in [0.25, 0.3) is 0 Å². The Labute approximate surface area is 192 Å². The van der Waals surface area contributed by atoms with E-state index < -0.39 is 28.8 Å². The Hall–Kier alpha value is -4.40. The van der Waals surface area contributed by atoms with E-state index in [0.717, 1.165) is 12.1 Å². The van der Waals surface area contributed by atoms with Crippen LogP contribution in [0.25, 0.3) is 11.0 Å². The Morgan fingerprint density at radius 1 is 1.03 bits per heavy atom. The zero-order valence-electron chi connectivity index (χ0n) is 18.3. The predicted molar refractivity (Wildman–Crippen MR) is 122 cm³/mol. The molecule has 0 bridgehead atoms. The molecule has 0 atom stereocenters. The van der Waals surface area contributed by atoms with Crippen LogP contribution in [0.3, 0.4) is 0 Å². The second-order valence-corrected chi connectivity index (χ2v) is 7.53. The highest BCUT2D eigenvalue weighted by Crippen LogP contribution is 2.21. The maximum Gasteiger partial charge on any atom is 0.244 e. The highest BCUT2D eigenvalue weighted by molar-refractivity contribution is 6.11. The van der Waals surface area contributed by atoms with Gasteiger partial charge in [0.1, 0.15) is 17.9 Å². The van der Waals surface area contributed by atoms with Gasteiger partial charge in [-0.3, -0.25) is 14.4 Å². The first-order chi connectivity index (χ1) is 16.3. The Kier molecular flexibility index (Phi) is 6.18. The summed E-state index contributed by atoms with van der Waals surface area (Å²) in [6, 6.07) is 12.6. The summed E-state index contributed by atoms with van der Waals surface area (Å²) in [6.07, 6.45) is 1.27. The molecule has 0 aliphatic carbocycles. The molecular weight excluding hydrogens is 444 g/mol. The normalized spacial score (nSPS) is 10.8. The van der Waals surface area contributed by atoms with Gasteiger partial charge in [0.2, 0.25) is 17.1 Å². The number of nitrogens with one attached hydrogen (secondary N) is 1. The van der Waals surface area contributed by atoms with Gasteiger partial charge in [-0.15, -0.1) is 0 Å². The summed E-state index contributed by atoms with van der Waals surface area (Å²) in [5.74, 6) is -3.00. The second kappa shape index (κ2) is 9.22. The lowest BCUT2D eigenvalue weighted by molar-refractivity contribution is -0.116. The molecule has 1 N–H and O–H groups in total. The van der Waals surface area contributed by atoms with Crippen molar-refractivity contribution in [2.45, 2.75) is 13.5 Å². The number of nitrogens with zero attached hydrogens (tertiary/aromatic N) is 2. The zero-order valence-corrected chi connectivity index (χ0v) is 18.3. The average Bonchev–Trinajstić information content (AvgIpc) is 2.82. The summed E-state index contributed by atoms with van der Waals surface area (Å²) < 4.78 is 33.3. The molecule has 0 saturated heterocycles. The van der Waals surface area contributed by atoms with Crippen LogP contribution in [0.15, 0.2) is 65.6 Å². The van der Waals surface area contributed by atoms with Gasteiger partial charge < -0.3 is 14.6 Å². The molecule has 0 unspecified atom stereocenters. The summed E-state index contributed by atoms with van der Waals surface area (Å²) in [5.41, 5.74) is 0.370. The minimum absolute atomic E-state index is 0.0590. The van der Waals surface area contributed by atoms with Crippen LogP contribution in [0.2, 0.25) is 0 Å². The number of carbonyl (C=O) groups is 2. The van der Waals surface area contributed by atoms with Gasteiger partial charge >= 0.3 is 0 Å². The molecule has 0 aliphatic heterocycles. The molecule has 2 heterocycles. The molecule has 4 rings (SSSR count). The molecule has 7 nitrogen and oxygen atoms in total.